The number of rotatable bonds is 3. The first-order chi connectivity index (χ1) is 9.50. The van der Waals surface area contributed by atoms with Crippen LogP contribution >= 0.6 is 0 Å². The lowest BCUT2D eigenvalue weighted by Gasteiger charge is -2.23. The fourth-order valence-electron chi connectivity index (χ4n) is 2.65. The summed E-state index contributed by atoms with van der Waals surface area (Å²) in [5, 5.41) is 9.04. The van der Waals surface area contributed by atoms with Crippen molar-refractivity contribution in [1.82, 2.24) is 0 Å². The molecule has 1 aliphatic heterocycles. The first-order valence-corrected chi connectivity index (χ1v) is 6.56. The van der Waals surface area contributed by atoms with Gasteiger partial charge in [-0.3, -0.25) is 9.59 Å². The molecule has 0 bridgehead atoms. The molecule has 1 fully saturated rings. The van der Waals surface area contributed by atoms with Gasteiger partial charge in [0.25, 0.3) is 0 Å². The molecule has 0 N–H and O–H groups in total. The average molecular weight is 274 g/mol. The maximum Gasteiger partial charge on any atom is 0.240 e. The van der Waals surface area contributed by atoms with Crippen molar-refractivity contribution < 1.29 is 14.0 Å². The number of hydrogen-bond donors (Lipinski definition) is 0. The minimum Gasteiger partial charge on any atom is -0.274 e. The number of carbonyl (C=O) groups excluding carboxylic acids is 2. The Morgan fingerprint density at radius 2 is 2.00 bits per heavy atom. The van der Waals surface area contributed by atoms with Gasteiger partial charge in [0.05, 0.1) is 11.1 Å². The van der Waals surface area contributed by atoms with Crippen LogP contribution in [0.5, 0.6) is 0 Å². The van der Waals surface area contributed by atoms with Gasteiger partial charge in [-0.05, 0) is 25.0 Å². The van der Waals surface area contributed by atoms with Gasteiger partial charge in [-0.1, -0.05) is 19.9 Å². The third kappa shape index (κ3) is 1.88. The lowest BCUT2D eigenvalue weighted by atomic mass is 9.81. The second kappa shape index (κ2) is 5.04. The van der Waals surface area contributed by atoms with Gasteiger partial charge in [0.1, 0.15) is 17.4 Å². The van der Waals surface area contributed by atoms with Gasteiger partial charge < -0.3 is 0 Å². The molecule has 0 spiro atoms. The van der Waals surface area contributed by atoms with Crippen LogP contribution in [-0.4, -0.2) is 11.8 Å². The standard InChI is InChI=1S/C15H15FN2O2/c1-3-15(4-2)8-13(19)18(14(15)20)12-7-5-6-11(16)10(12)9-17/h5-7H,3-4,8H2,1-2H3. The predicted octanol–water partition coefficient (Wildman–Crippen LogP) is 2.77. The van der Waals surface area contributed by atoms with Crippen molar-refractivity contribution in [1.29, 1.82) is 5.26 Å². The summed E-state index contributed by atoms with van der Waals surface area (Å²) in [5.41, 5.74) is -0.945. The van der Waals surface area contributed by atoms with Gasteiger partial charge in [0.15, 0.2) is 0 Å². The Bertz CT molecular complexity index is 615. The summed E-state index contributed by atoms with van der Waals surface area (Å²) in [5.74, 6) is -1.44. The molecule has 104 valence electrons. The Morgan fingerprint density at radius 1 is 1.35 bits per heavy atom. The van der Waals surface area contributed by atoms with Crippen LogP contribution in [0.25, 0.3) is 0 Å². The van der Waals surface area contributed by atoms with E-state index >= 15 is 0 Å². The lowest BCUT2D eigenvalue weighted by molar-refractivity contribution is -0.126. The summed E-state index contributed by atoms with van der Waals surface area (Å²) in [6, 6.07) is 5.69. The molecule has 5 heteroatoms. The molecule has 20 heavy (non-hydrogen) atoms. The normalized spacial score (nSPS) is 17.4. The zero-order chi connectivity index (χ0) is 14.9. The number of carbonyl (C=O) groups is 2. The summed E-state index contributed by atoms with van der Waals surface area (Å²) in [4.78, 5) is 25.7. The van der Waals surface area contributed by atoms with E-state index in [4.69, 9.17) is 5.26 Å². The van der Waals surface area contributed by atoms with Gasteiger partial charge >= 0.3 is 0 Å². The Morgan fingerprint density at radius 3 is 2.50 bits per heavy atom. The summed E-state index contributed by atoms with van der Waals surface area (Å²) < 4.78 is 13.6. The molecule has 4 nitrogen and oxygen atoms in total. The van der Waals surface area contributed by atoms with E-state index < -0.39 is 11.2 Å². The van der Waals surface area contributed by atoms with Crippen molar-refractivity contribution >= 4 is 17.5 Å². The van der Waals surface area contributed by atoms with Gasteiger partial charge in [-0.2, -0.15) is 5.26 Å². The summed E-state index contributed by atoms with van der Waals surface area (Å²) >= 11 is 0. The summed E-state index contributed by atoms with van der Waals surface area (Å²) in [6.07, 6.45) is 1.20. The number of hydrogen-bond acceptors (Lipinski definition) is 3. The van der Waals surface area contributed by atoms with E-state index in [1.165, 1.54) is 12.1 Å². The third-order valence-corrected chi connectivity index (χ3v) is 4.09. The number of nitrogens with zero attached hydrogens (tertiary/aromatic N) is 2. The van der Waals surface area contributed by atoms with E-state index in [0.717, 1.165) is 11.0 Å². The van der Waals surface area contributed by atoms with E-state index in [1.54, 1.807) is 6.07 Å². The number of nitriles is 1. The Kier molecular flexibility index (Phi) is 3.58. The molecule has 0 unspecified atom stereocenters. The summed E-state index contributed by atoms with van der Waals surface area (Å²) in [6.45, 7) is 3.71. The van der Waals surface area contributed by atoms with E-state index in [2.05, 4.69) is 0 Å². The molecule has 1 aliphatic rings. The van der Waals surface area contributed by atoms with E-state index in [9.17, 15) is 14.0 Å². The Labute approximate surface area is 116 Å². The van der Waals surface area contributed by atoms with E-state index in [1.807, 2.05) is 13.8 Å². The highest BCUT2D eigenvalue weighted by atomic mass is 19.1. The SMILES string of the molecule is CCC1(CC)CC(=O)N(c2cccc(F)c2C#N)C1=O. The molecule has 1 aromatic rings. The third-order valence-electron chi connectivity index (χ3n) is 4.09. The maximum absolute atomic E-state index is 13.6. The highest BCUT2D eigenvalue weighted by molar-refractivity contribution is 6.23. The molecule has 0 radical (unpaired) electrons. The fourth-order valence-corrected chi connectivity index (χ4v) is 2.65. The number of imide groups is 1. The first-order valence-electron chi connectivity index (χ1n) is 6.56. The fraction of sp³-hybridized carbons (Fsp3) is 0.400. The largest absolute Gasteiger partial charge is 0.274 e. The highest BCUT2D eigenvalue weighted by Gasteiger charge is 2.50. The zero-order valence-electron chi connectivity index (χ0n) is 11.4. The van der Waals surface area contributed by atoms with Crippen LogP contribution in [0.1, 0.15) is 38.7 Å². The Balaban J connectivity index is 2.55. The zero-order valence-corrected chi connectivity index (χ0v) is 11.4. The molecular weight excluding hydrogens is 259 g/mol. The predicted molar refractivity (Wildman–Crippen MR) is 71.2 cm³/mol. The second-order valence-electron chi connectivity index (χ2n) is 4.94. The van der Waals surface area contributed by atoms with Crippen LogP contribution < -0.4 is 4.90 Å². The van der Waals surface area contributed by atoms with Gasteiger partial charge in [-0.15, -0.1) is 0 Å². The van der Waals surface area contributed by atoms with Crippen LogP contribution in [0.3, 0.4) is 0 Å². The van der Waals surface area contributed by atoms with Crippen LogP contribution in [-0.2, 0) is 9.59 Å². The van der Waals surface area contributed by atoms with Gasteiger partial charge in [-0.25, -0.2) is 9.29 Å². The lowest BCUT2D eigenvalue weighted by Crippen LogP contribution is -2.35. The first kappa shape index (κ1) is 14.2. The second-order valence-corrected chi connectivity index (χ2v) is 4.94. The highest BCUT2D eigenvalue weighted by Crippen LogP contribution is 2.42. The van der Waals surface area contributed by atoms with Crippen molar-refractivity contribution in [3.8, 4) is 6.07 Å². The molecule has 2 amide bonds. The van der Waals surface area contributed by atoms with Gasteiger partial charge in [0.2, 0.25) is 11.8 Å². The molecule has 0 aromatic heterocycles. The Hall–Kier alpha value is -2.22. The minimum atomic E-state index is -0.726. The quantitative estimate of drug-likeness (QED) is 0.796. The molecule has 0 saturated carbocycles. The number of benzene rings is 1. The molecule has 2 rings (SSSR count). The monoisotopic (exact) mass is 274 g/mol. The topological polar surface area (TPSA) is 61.2 Å². The molecular formula is C15H15FN2O2. The van der Waals surface area contributed by atoms with E-state index in [-0.39, 0.29) is 29.5 Å². The minimum absolute atomic E-state index is 0.0475. The van der Waals surface area contributed by atoms with Crippen LogP contribution in [0.2, 0.25) is 0 Å². The summed E-state index contributed by atoms with van der Waals surface area (Å²) in [7, 11) is 0. The average Bonchev–Trinajstić information content (AvgIpc) is 2.70. The number of anilines is 1. The molecule has 1 saturated heterocycles. The van der Waals surface area contributed by atoms with Crippen molar-refractivity contribution in [2.45, 2.75) is 33.1 Å². The van der Waals surface area contributed by atoms with Crippen molar-refractivity contribution in [3.63, 3.8) is 0 Å². The molecule has 0 atom stereocenters. The van der Waals surface area contributed by atoms with E-state index in [0.29, 0.717) is 12.8 Å². The number of amides is 2. The van der Waals surface area contributed by atoms with Crippen molar-refractivity contribution in [2.75, 3.05) is 4.90 Å². The molecule has 0 aliphatic carbocycles. The van der Waals surface area contributed by atoms with Crippen LogP contribution in [0.4, 0.5) is 10.1 Å². The van der Waals surface area contributed by atoms with Crippen molar-refractivity contribution in [2.24, 2.45) is 5.41 Å². The van der Waals surface area contributed by atoms with Gasteiger partial charge in [0, 0.05) is 6.42 Å². The number of halogens is 1. The van der Waals surface area contributed by atoms with Crippen LogP contribution in [0, 0.1) is 22.6 Å². The maximum atomic E-state index is 13.6. The molecule has 1 aromatic carbocycles. The van der Waals surface area contributed by atoms with Crippen molar-refractivity contribution in [3.05, 3.63) is 29.6 Å². The van der Waals surface area contributed by atoms with Crippen LogP contribution in [0.15, 0.2) is 18.2 Å². The molecule has 1 heterocycles. The smallest absolute Gasteiger partial charge is 0.240 e.